The van der Waals surface area contributed by atoms with Gasteiger partial charge in [0.2, 0.25) is 0 Å². The van der Waals surface area contributed by atoms with Gasteiger partial charge in [0.1, 0.15) is 17.7 Å². The lowest BCUT2D eigenvalue weighted by molar-refractivity contribution is -0.0205. The van der Waals surface area contributed by atoms with Crippen molar-refractivity contribution in [1.29, 1.82) is 0 Å². The maximum Gasteiger partial charge on any atom is 0.148 e. The number of rotatable bonds is 4. The van der Waals surface area contributed by atoms with E-state index < -0.39 is 12.2 Å². The highest BCUT2D eigenvalue weighted by Crippen LogP contribution is 2.30. The van der Waals surface area contributed by atoms with E-state index >= 15 is 0 Å². The van der Waals surface area contributed by atoms with Crippen LogP contribution in [0.15, 0.2) is 54.6 Å². The van der Waals surface area contributed by atoms with Gasteiger partial charge >= 0.3 is 0 Å². The summed E-state index contributed by atoms with van der Waals surface area (Å²) in [7, 11) is 0. The molecule has 0 fully saturated rings. The van der Waals surface area contributed by atoms with Crippen LogP contribution < -0.4 is 0 Å². The summed E-state index contributed by atoms with van der Waals surface area (Å²) in [5, 5.41) is 20.3. The summed E-state index contributed by atoms with van der Waals surface area (Å²) in [6.07, 6.45) is 1.34. The van der Waals surface area contributed by atoms with Crippen molar-refractivity contribution in [1.82, 2.24) is 0 Å². The molecule has 1 aliphatic heterocycles. The van der Waals surface area contributed by atoms with Crippen LogP contribution in [0, 0.1) is 5.82 Å². The molecule has 1 aliphatic rings. The van der Waals surface area contributed by atoms with Crippen molar-refractivity contribution in [3.63, 3.8) is 0 Å². The predicted molar refractivity (Wildman–Crippen MR) is 102 cm³/mol. The van der Waals surface area contributed by atoms with Crippen LogP contribution in [0.4, 0.5) is 4.39 Å². The number of ether oxygens (including phenoxy) is 1. The monoisotopic (exact) mass is 370 g/mol. The van der Waals surface area contributed by atoms with Gasteiger partial charge in [-0.15, -0.1) is 11.3 Å². The first-order chi connectivity index (χ1) is 12.6. The molecule has 2 aromatic carbocycles. The molecule has 0 spiro atoms. The number of benzene rings is 2. The van der Waals surface area contributed by atoms with Crippen LogP contribution in [0.3, 0.4) is 0 Å². The smallest absolute Gasteiger partial charge is 0.148 e. The van der Waals surface area contributed by atoms with Crippen molar-refractivity contribution in [2.45, 2.75) is 25.0 Å². The molecule has 2 heterocycles. The molecule has 2 N–H and O–H groups in total. The third-order valence-electron chi connectivity index (χ3n) is 4.60. The van der Waals surface area contributed by atoms with Crippen LogP contribution in [0.5, 0.6) is 0 Å². The third-order valence-corrected chi connectivity index (χ3v) is 5.72. The minimum absolute atomic E-state index is 0.249. The third kappa shape index (κ3) is 3.38. The fourth-order valence-corrected chi connectivity index (χ4v) is 4.28. The number of halogens is 1. The Hall–Kier alpha value is -2.21. The fourth-order valence-electron chi connectivity index (χ4n) is 3.19. The lowest BCUT2D eigenvalue weighted by Crippen LogP contribution is -2.34. The van der Waals surface area contributed by atoms with Gasteiger partial charge in [-0.25, -0.2) is 4.39 Å². The van der Waals surface area contributed by atoms with E-state index in [9.17, 15) is 14.6 Å². The molecule has 0 saturated heterocycles. The van der Waals surface area contributed by atoms with Crippen LogP contribution in [0.1, 0.15) is 22.4 Å². The summed E-state index contributed by atoms with van der Waals surface area (Å²) < 4.78 is 21.2. The van der Waals surface area contributed by atoms with Crippen molar-refractivity contribution >= 4 is 27.2 Å². The molecule has 3 aromatic rings. The van der Waals surface area contributed by atoms with Gasteiger partial charge in [-0.3, -0.25) is 0 Å². The zero-order valence-corrected chi connectivity index (χ0v) is 14.9. The molecule has 2 unspecified atom stereocenters. The SMILES string of the molecule is OCC1OC(c2ccc(F)c(Cc3cc4ccccc4s3)c2)=CCC1O. The number of fused-ring (bicyclic) bond motifs is 1. The van der Waals surface area contributed by atoms with E-state index in [1.807, 2.05) is 12.1 Å². The summed E-state index contributed by atoms with van der Waals surface area (Å²) in [5.41, 5.74) is 1.36. The summed E-state index contributed by atoms with van der Waals surface area (Å²) in [4.78, 5) is 1.10. The highest BCUT2D eigenvalue weighted by molar-refractivity contribution is 7.19. The maximum atomic E-state index is 14.3. The Labute approximate surface area is 155 Å². The molecule has 0 saturated carbocycles. The lowest BCUT2D eigenvalue weighted by atomic mass is 10.0. The standard InChI is InChI=1S/C21H19FO3S/c22-17-6-5-13(19-8-7-18(24)20(12-23)25-19)9-15(17)11-16-10-14-3-1-2-4-21(14)26-16/h1-6,8-10,18,20,23-24H,7,11-12H2. The van der Waals surface area contributed by atoms with E-state index in [-0.39, 0.29) is 12.4 Å². The largest absolute Gasteiger partial charge is 0.485 e. The van der Waals surface area contributed by atoms with E-state index in [0.717, 1.165) is 10.4 Å². The minimum atomic E-state index is -0.720. The van der Waals surface area contributed by atoms with Crippen LogP contribution in [-0.4, -0.2) is 29.0 Å². The van der Waals surface area contributed by atoms with Crippen LogP contribution in [0.2, 0.25) is 0 Å². The first kappa shape index (κ1) is 17.2. The number of hydrogen-bond donors (Lipinski definition) is 2. The summed E-state index contributed by atoms with van der Waals surface area (Å²) in [5.74, 6) is 0.327. The minimum Gasteiger partial charge on any atom is -0.485 e. The van der Waals surface area contributed by atoms with Crippen molar-refractivity contribution in [2.75, 3.05) is 6.61 Å². The molecule has 0 aliphatic carbocycles. The van der Waals surface area contributed by atoms with Gasteiger partial charge in [0, 0.05) is 21.6 Å². The van der Waals surface area contributed by atoms with Gasteiger partial charge in [-0.05, 0) is 53.8 Å². The van der Waals surface area contributed by atoms with Crippen molar-refractivity contribution in [3.8, 4) is 0 Å². The summed E-state index contributed by atoms with van der Waals surface area (Å²) in [6.45, 7) is -0.256. The van der Waals surface area contributed by atoms with Gasteiger partial charge in [0.25, 0.3) is 0 Å². The number of aliphatic hydroxyl groups is 2. The van der Waals surface area contributed by atoms with Crippen molar-refractivity contribution < 1.29 is 19.3 Å². The summed E-state index contributed by atoms with van der Waals surface area (Å²) >= 11 is 1.67. The average molecular weight is 370 g/mol. The molecule has 2 atom stereocenters. The fraction of sp³-hybridized carbons (Fsp3) is 0.238. The average Bonchev–Trinajstić information content (AvgIpc) is 3.06. The van der Waals surface area contributed by atoms with Crippen molar-refractivity contribution in [2.24, 2.45) is 0 Å². The molecule has 26 heavy (non-hydrogen) atoms. The van der Waals surface area contributed by atoms with Gasteiger partial charge < -0.3 is 14.9 Å². The molecular formula is C21H19FO3S. The molecule has 4 rings (SSSR count). The number of thiophene rings is 1. The summed E-state index contributed by atoms with van der Waals surface area (Å²) in [6, 6.07) is 15.1. The first-order valence-electron chi connectivity index (χ1n) is 8.56. The predicted octanol–water partition coefficient (Wildman–Crippen LogP) is 4.11. The Balaban J connectivity index is 1.62. The second kappa shape index (κ2) is 7.19. The molecular weight excluding hydrogens is 351 g/mol. The Bertz CT molecular complexity index is 930. The highest BCUT2D eigenvalue weighted by atomic mass is 32.1. The van der Waals surface area contributed by atoms with E-state index in [2.05, 4.69) is 18.2 Å². The van der Waals surface area contributed by atoms with Crippen LogP contribution in [-0.2, 0) is 11.2 Å². The van der Waals surface area contributed by atoms with Gasteiger partial charge in [0.15, 0.2) is 0 Å². The van der Waals surface area contributed by atoms with Gasteiger partial charge in [-0.2, -0.15) is 0 Å². The first-order valence-corrected chi connectivity index (χ1v) is 9.37. The zero-order valence-electron chi connectivity index (χ0n) is 14.1. The normalized spacial score (nSPS) is 20.0. The van der Waals surface area contributed by atoms with Crippen LogP contribution >= 0.6 is 11.3 Å². The Kier molecular flexibility index (Phi) is 4.76. The lowest BCUT2D eigenvalue weighted by Gasteiger charge is -2.28. The van der Waals surface area contributed by atoms with E-state index in [0.29, 0.717) is 24.2 Å². The van der Waals surface area contributed by atoms with Gasteiger partial charge in [-0.1, -0.05) is 18.2 Å². The van der Waals surface area contributed by atoms with E-state index in [4.69, 9.17) is 4.74 Å². The number of hydrogen-bond acceptors (Lipinski definition) is 4. The zero-order chi connectivity index (χ0) is 18.1. The Morgan fingerprint density at radius 2 is 2.00 bits per heavy atom. The molecule has 1 aromatic heterocycles. The van der Waals surface area contributed by atoms with Gasteiger partial charge in [0.05, 0.1) is 12.7 Å². The van der Waals surface area contributed by atoms with E-state index in [1.165, 1.54) is 16.2 Å². The van der Waals surface area contributed by atoms with Crippen molar-refractivity contribution in [3.05, 3.63) is 76.4 Å². The molecule has 5 heteroatoms. The van der Waals surface area contributed by atoms with E-state index in [1.54, 1.807) is 29.5 Å². The molecule has 0 amide bonds. The highest BCUT2D eigenvalue weighted by Gasteiger charge is 2.25. The maximum absolute atomic E-state index is 14.3. The Morgan fingerprint density at radius 1 is 1.15 bits per heavy atom. The van der Waals surface area contributed by atoms with Crippen LogP contribution in [0.25, 0.3) is 15.8 Å². The second-order valence-electron chi connectivity index (χ2n) is 6.44. The molecule has 0 radical (unpaired) electrons. The quantitative estimate of drug-likeness (QED) is 0.727. The molecule has 134 valence electrons. The second-order valence-corrected chi connectivity index (χ2v) is 7.61. The molecule has 3 nitrogen and oxygen atoms in total. The number of aliphatic hydroxyl groups excluding tert-OH is 2. The Morgan fingerprint density at radius 3 is 2.81 bits per heavy atom. The molecule has 0 bridgehead atoms. The topological polar surface area (TPSA) is 49.7 Å².